The summed E-state index contributed by atoms with van der Waals surface area (Å²) >= 11 is 0. The van der Waals surface area contributed by atoms with Crippen LogP contribution >= 0.6 is 0 Å². The number of sulfonamides is 1. The van der Waals surface area contributed by atoms with Crippen LogP contribution in [0.2, 0.25) is 0 Å². The second-order valence-corrected chi connectivity index (χ2v) is 14.3. The lowest BCUT2D eigenvalue weighted by molar-refractivity contribution is 0.0561. The van der Waals surface area contributed by atoms with E-state index in [1.54, 1.807) is 35.5 Å². The molecule has 46 heavy (non-hydrogen) atoms. The van der Waals surface area contributed by atoms with E-state index in [0.29, 0.717) is 23.3 Å². The molecule has 4 heterocycles. The highest BCUT2D eigenvalue weighted by molar-refractivity contribution is 7.92. The molecule has 4 aromatic rings. The minimum absolute atomic E-state index is 0.0617. The highest BCUT2D eigenvalue weighted by Gasteiger charge is 2.34. The van der Waals surface area contributed by atoms with Crippen molar-refractivity contribution in [1.29, 1.82) is 0 Å². The second kappa shape index (κ2) is 12.0. The van der Waals surface area contributed by atoms with Gasteiger partial charge in [0, 0.05) is 29.8 Å². The third-order valence-corrected chi connectivity index (χ3v) is 10.4. The zero-order valence-electron chi connectivity index (χ0n) is 26.2. The van der Waals surface area contributed by atoms with E-state index in [2.05, 4.69) is 31.5 Å². The van der Waals surface area contributed by atoms with Gasteiger partial charge in [0.1, 0.15) is 12.4 Å². The number of benzene rings is 2. The molecule has 1 aliphatic carbocycles. The van der Waals surface area contributed by atoms with E-state index >= 15 is 0 Å². The van der Waals surface area contributed by atoms with Crippen molar-refractivity contribution in [3.63, 3.8) is 0 Å². The Morgan fingerprint density at radius 3 is 2.48 bits per heavy atom. The van der Waals surface area contributed by atoms with Gasteiger partial charge >= 0.3 is 0 Å². The van der Waals surface area contributed by atoms with E-state index in [9.17, 15) is 13.2 Å². The van der Waals surface area contributed by atoms with Crippen LogP contribution in [0.3, 0.4) is 0 Å². The number of hydrogen-bond acceptors (Lipinski definition) is 9. The van der Waals surface area contributed by atoms with Crippen molar-refractivity contribution in [3.8, 4) is 17.1 Å². The fourth-order valence-electron chi connectivity index (χ4n) is 6.24. The summed E-state index contributed by atoms with van der Waals surface area (Å²) in [5.41, 5.74) is 4.31. The highest BCUT2D eigenvalue weighted by Crippen LogP contribution is 2.36. The van der Waals surface area contributed by atoms with Crippen molar-refractivity contribution in [1.82, 2.24) is 24.8 Å². The lowest BCUT2D eigenvalue weighted by atomic mass is 10.00. The van der Waals surface area contributed by atoms with Crippen molar-refractivity contribution < 1.29 is 17.9 Å². The van der Waals surface area contributed by atoms with Gasteiger partial charge in [-0.2, -0.15) is 4.98 Å². The maximum absolute atomic E-state index is 14.3. The number of ether oxygens (including phenoxy) is 1. The van der Waals surface area contributed by atoms with E-state index in [0.717, 1.165) is 54.7 Å². The van der Waals surface area contributed by atoms with E-state index in [4.69, 9.17) is 9.72 Å². The smallest absolute Gasteiger partial charge is 0.264 e. The first kappa shape index (κ1) is 30.1. The van der Waals surface area contributed by atoms with Gasteiger partial charge in [-0.15, -0.1) is 0 Å². The van der Waals surface area contributed by atoms with Crippen LogP contribution in [0.4, 0.5) is 11.8 Å². The molecule has 0 radical (unpaired) electrons. The first-order valence-corrected chi connectivity index (χ1v) is 17.2. The average Bonchev–Trinajstić information content (AvgIpc) is 3.85. The lowest BCUT2D eigenvalue weighted by Crippen LogP contribution is -2.46. The maximum atomic E-state index is 14.3. The van der Waals surface area contributed by atoms with Gasteiger partial charge in [0.2, 0.25) is 11.8 Å². The van der Waals surface area contributed by atoms with Crippen molar-refractivity contribution in [2.45, 2.75) is 70.0 Å². The SMILES string of the molecule is Cc1cccc(C)c1-c1cc2nc(n1)NS(=O)(=O)c1cccc(c1)C(=O)N(Cc1cncc(N3CC[C@H]3C)n1)[C@H](CC1CC1)CO2. The molecule has 3 aliphatic rings. The van der Waals surface area contributed by atoms with Crippen molar-refractivity contribution in [2.24, 2.45) is 5.92 Å². The van der Waals surface area contributed by atoms with E-state index in [-0.39, 0.29) is 47.4 Å². The monoisotopic (exact) mass is 639 g/mol. The Kier molecular flexibility index (Phi) is 7.83. The summed E-state index contributed by atoms with van der Waals surface area (Å²) in [5.74, 6) is 1.07. The number of hydrogen-bond donors (Lipinski definition) is 1. The summed E-state index contributed by atoms with van der Waals surface area (Å²) in [5, 5.41) is 0. The molecule has 1 saturated carbocycles. The molecule has 7 rings (SSSR count). The normalized spacial score (nSPS) is 20.8. The number of amides is 1. The molecular formula is C34H37N7O4S. The van der Waals surface area contributed by atoms with Crippen LogP contribution in [-0.4, -0.2) is 64.4 Å². The van der Waals surface area contributed by atoms with Crippen molar-refractivity contribution in [2.75, 3.05) is 22.8 Å². The van der Waals surface area contributed by atoms with E-state index in [1.165, 1.54) is 12.1 Å². The molecule has 1 amide bonds. The number of aryl methyl sites for hydroxylation is 2. The Labute approximate surface area is 269 Å². The predicted molar refractivity (Wildman–Crippen MR) is 174 cm³/mol. The Bertz CT molecular complexity index is 1890. The zero-order valence-corrected chi connectivity index (χ0v) is 27.0. The molecule has 2 aromatic heterocycles. The summed E-state index contributed by atoms with van der Waals surface area (Å²) in [6.07, 6.45) is 7.46. The standard InChI is InChI=1S/C34H37N7O4S/c1-21-6-4-7-22(2)32(21)29-16-31-38-34(37-29)39-46(43,44)28-9-5-8-25(15-28)33(42)41(27(20-45-31)14-24-10-11-24)19-26-17-35-18-30(36-26)40-13-12-23(40)3/h4-9,15-18,23-24,27H,10-14,19-20H2,1-3H3,(H,37,38,39)/t23-,27-/m1/s1. The van der Waals surface area contributed by atoms with Crippen LogP contribution in [0.1, 0.15) is 59.8 Å². The van der Waals surface area contributed by atoms with Crippen molar-refractivity contribution >= 4 is 27.7 Å². The van der Waals surface area contributed by atoms with E-state index < -0.39 is 10.0 Å². The summed E-state index contributed by atoms with van der Waals surface area (Å²) < 4.78 is 36.2. The van der Waals surface area contributed by atoms with Gasteiger partial charge in [-0.05, 0) is 68.9 Å². The minimum Gasteiger partial charge on any atom is -0.475 e. The number of nitrogens with one attached hydrogen (secondary N) is 1. The zero-order chi connectivity index (χ0) is 32.0. The maximum Gasteiger partial charge on any atom is 0.264 e. The molecule has 2 aliphatic heterocycles. The fraction of sp³-hybridized carbons (Fsp3) is 0.382. The van der Waals surface area contributed by atoms with Gasteiger partial charge in [0.05, 0.1) is 41.3 Å². The molecule has 0 unspecified atom stereocenters. The van der Waals surface area contributed by atoms with Gasteiger partial charge in [-0.25, -0.2) is 23.1 Å². The molecule has 1 N–H and O–H groups in total. The fourth-order valence-corrected chi connectivity index (χ4v) is 7.23. The molecule has 2 fully saturated rings. The quantitative estimate of drug-likeness (QED) is 0.304. The van der Waals surface area contributed by atoms with Crippen LogP contribution in [0, 0.1) is 19.8 Å². The molecule has 238 valence electrons. The first-order chi connectivity index (χ1) is 22.1. The third-order valence-electron chi connectivity index (χ3n) is 9.10. The molecule has 4 bridgehead atoms. The van der Waals surface area contributed by atoms with Crippen LogP contribution in [-0.2, 0) is 16.6 Å². The number of anilines is 2. The third kappa shape index (κ3) is 6.13. The minimum atomic E-state index is -4.15. The molecule has 12 heteroatoms. The molecule has 11 nitrogen and oxygen atoms in total. The number of rotatable bonds is 6. The molecule has 2 aromatic carbocycles. The molecular weight excluding hydrogens is 602 g/mol. The molecule has 1 saturated heterocycles. The highest BCUT2D eigenvalue weighted by atomic mass is 32.2. The van der Waals surface area contributed by atoms with Gasteiger partial charge in [0.25, 0.3) is 15.9 Å². The van der Waals surface area contributed by atoms with Gasteiger partial charge < -0.3 is 14.5 Å². The summed E-state index contributed by atoms with van der Waals surface area (Å²) in [6, 6.07) is 13.8. The van der Waals surface area contributed by atoms with Gasteiger partial charge in [-0.1, -0.05) is 37.1 Å². The Balaban J connectivity index is 1.32. The second-order valence-electron chi connectivity index (χ2n) is 12.6. The number of nitrogens with zero attached hydrogens (tertiary/aromatic N) is 6. The molecule has 2 atom stereocenters. The van der Waals surface area contributed by atoms with Crippen molar-refractivity contribution in [3.05, 3.63) is 83.3 Å². The Morgan fingerprint density at radius 2 is 1.76 bits per heavy atom. The van der Waals surface area contributed by atoms with Gasteiger partial charge in [-0.3, -0.25) is 9.78 Å². The Hall–Kier alpha value is -4.58. The first-order valence-electron chi connectivity index (χ1n) is 15.7. The summed E-state index contributed by atoms with van der Waals surface area (Å²) in [7, 11) is -4.15. The number of fused-ring (bicyclic) bond motifs is 4. The predicted octanol–water partition coefficient (Wildman–Crippen LogP) is 5.15. The van der Waals surface area contributed by atoms with Crippen LogP contribution in [0.5, 0.6) is 5.88 Å². The van der Waals surface area contributed by atoms with Gasteiger partial charge in [0.15, 0.2) is 0 Å². The van der Waals surface area contributed by atoms with Crippen LogP contribution in [0.25, 0.3) is 11.3 Å². The summed E-state index contributed by atoms with van der Waals surface area (Å²) in [4.78, 5) is 36.7. The summed E-state index contributed by atoms with van der Waals surface area (Å²) in [6.45, 7) is 7.40. The molecule has 0 spiro atoms. The average molecular weight is 640 g/mol. The number of carbonyl (C=O) groups excluding carboxylic acids is 1. The lowest BCUT2D eigenvalue weighted by Gasteiger charge is -2.39. The van der Waals surface area contributed by atoms with Crippen LogP contribution < -0.4 is 14.4 Å². The largest absolute Gasteiger partial charge is 0.475 e. The topological polar surface area (TPSA) is 131 Å². The number of carbonyl (C=O) groups is 1. The van der Waals surface area contributed by atoms with E-state index in [1.807, 2.05) is 32.0 Å². The van der Waals surface area contributed by atoms with Crippen LogP contribution in [0.15, 0.2) is 65.8 Å². The number of aromatic nitrogens is 4. The Morgan fingerprint density at radius 1 is 0.978 bits per heavy atom.